The first-order valence-electron chi connectivity index (χ1n) is 1.56. The number of carboxylic acid groups (broad SMARTS) is 2. The highest BCUT2D eigenvalue weighted by Crippen LogP contribution is 1.74. The molecule has 10 heavy (non-hydrogen) atoms. The number of rotatable bonds is 2. The van der Waals surface area contributed by atoms with Crippen LogP contribution in [0.3, 0.4) is 0 Å². The van der Waals surface area contributed by atoms with Crippen molar-refractivity contribution >= 4 is 46.7 Å². The van der Waals surface area contributed by atoms with Crippen LogP contribution in [-0.4, -0.2) is 56.9 Å². The van der Waals surface area contributed by atoms with Crippen molar-refractivity contribution in [2.75, 3.05) is 0 Å². The third-order valence-corrected chi connectivity index (χ3v) is 0.302. The minimum atomic E-state index is -1.31. The average Bonchev–Trinajstić information content (AvgIpc) is 1.27. The monoisotopic (exact) mass is 184 g/mol. The van der Waals surface area contributed by atoms with E-state index in [1.807, 2.05) is 0 Å². The summed E-state index contributed by atoms with van der Waals surface area (Å²) in [5.74, 6) is -2.62. The van der Waals surface area contributed by atoms with Gasteiger partial charge in [-0.2, -0.15) is 0 Å². The van der Waals surface area contributed by atoms with Gasteiger partial charge in [-0.15, -0.1) is 0 Å². The Hall–Kier alpha value is -0.0651. The molecule has 0 aromatic heterocycles. The SMILES string of the molecule is F.O=C(O)CC(=O)O.[AlH3].[AlH3]. The molecule has 0 aromatic carbocycles. The number of halogens is 1. The molecule has 60 valence electrons. The maximum atomic E-state index is 9.43. The largest absolute Gasteiger partial charge is 0.481 e. The second-order valence-electron chi connectivity index (χ2n) is 0.964. The van der Waals surface area contributed by atoms with Crippen LogP contribution in [0.4, 0.5) is 4.70 Å². The topological polar surface area (TPSA) is 74.6 Å². The Morgan fingerprint density at radius 2 is 1.20 bits per heavy atom. The van der Waals surface area contributed by atoms with Gasteiger partial charge in [-0.3, -0.25) is 14.3 Å². The molecule has 0 aliphatic rings. The van der Waals surface area contributed by atoms with Gasteiger partial charge >= 0.3 is 11.9 Å². The van der Waals surface area contributed by atoms with E-state index in [9.17, 15) is 9.59 Å². The first-order valence-corrected chi connectivity index (χ1v) is 1.56. The molecule has 0 bridgehead atoms. The van der Waals surface area contributed by atoms with E-state index in [0.717, 1.165) is 0 Å². The van der Waals surface area contributed by atoms with Gasteiger partial charge < -0.3 is 10.2 Å². The summed E-state index contributed by atoms with van der Waals surface area (Å²) in [4.78, 5) is 18.9. The number of hydrogen-bond donors (Lipinski definition) is 2. The Morgan fingerprint density at radius 1 is 1.00 bits per heavy atom. The Labute approximate surface area is 77.9 Å². The van der Waals surface area contributed by atoms with Crippen molar-refractivity contribution in [2.24, 2.45) is 0 Å². The summed E-state index contributed by atoms with van der Waals surface area (Å²) in [6.45, 7) is 0. The Balaban J connectivity index is -0.0000000600. The second kappa shape index (κ2) is 11.7. The minimum Gasteiger partial charge on any atom is -0.481 e. The normalized spacial score (nSPS) is 5.60. The molecule has 0 amide bonds. The molecule has 0 rings (SSSR count). The molecule has 4 nitrogen and oxygen atoms in total. The summed E-state index contributed by atoms with van der Waals surface area (Å²) in [6.07, 6.45) is -0.806. The molecule has 0 atom stereocenters. The summed E-state index contributed by atoms with van der Waals surface area (Å²) < 4.78 is 0. The Morgan fingerprint density at radius 3 is 1.20 bits per heavy atom. The first-order chi connectivity index (χ1) is 3.13. The van der Waals surface area contributed by atoms with Crippen LogP contribution < -0.4 is 0 Å². The molecule has 0 saturated heterocycles. The van der Waals surface area contributed by atoms with Crippen LogP contribution in [-0.2, 0) is 9.59 Å². The first kappa shape index (κ1) is 22.5. The highest BCUT2D eigenvalue weighted by atomic mass is 27.0. The molecule has 0 saturated carbocycles. The van der Waals surface area contributed by atoms with Gasteiger partial charge in [0.1, 0.15) is 6.42 Å². The maximum Gasteiger partial charge on any atom is 0.314 e. The summed E-state index contributed by atoms with van der Waals surface area (Å²) in [5, 5.41) is 15.4. The number of carboxylic acids is 2. The third-order valence-electron chi connectivity index (χ3n) is 0.302. The highest BCUT2D eigenvalue weighted by Gasteiger charge is 2.01. The van der Waals surface area contributed by atoms with Crippen molar-refractivity contribution in [3.8, 4) is 0 Å². The van der Waals surface area contributed by atoms with Gasteiger partial charge in [0.2, 0.25) is 0 Å². The van der Waals surface area contributed by atoms with Crippen molar-refractivity contribution in [3.63, 3.8) is 0 Å². The fourth-order valence-electron chi connectivity index (χ4n) is 0.129. The zero-order valence-electron chi connectivity index (χ0n) is 3.83. The molecule has 0 fully saturated rings. The second-order valence-corrected chi connectivity index (χ2v) is 0.964. The summed E-state index contributed by atoms with van der Waals surface area (Å²) in [5.41, 5.74) is 0. The molecule has 0 radical (unpaired) electrons. The summed E-state index contributed by atoms with van der Waals surface area (Å²) in [6, 6.07) is 0. The number of aliphatic carboxylic acids is 2. The summed E-state index contributed by atoms with van der Waals surface area (Å²) in [7, 11) is 0. The predicted molar refractivity (Wildman–Crippen MR) is 42.3 cm³/mol. The molecule has 0 spiro atoms. The lowest BCUT2D eigenvalue weighted by atomic mass is 10.5. The molecule has 7 heteroatoms. The van der Waals surface area contributed by atoms with Crippen molar-refractivity contribution in [1.29, 1.82) is 0 Å². The number of carbonyl (C=O) groups is 2. The molecule has 2 N–H and O–H groups in total. The minimum absolute atomic E-state index is 0. The lowest BCUT2D eigenvalue weighted by Gasteiger charge is -1.80. The molecule has 0 aromatic rings. The molecular formula is C3H11Al2FO4. The quantitative estimate of drug-likeness (QED) is 0.362. The predicted octanol–water partition coefficient (Wildman–Crippen LogP) is -2.67. The van der Waals surface area contributed by atoms with Gasteiger partial charge in [-0.05, 0) is 0 Å². The Bertz CT molecular complexity index is 94.7. The van der Waals surface area contributed by atoms with Gasteiger partial charge in [0.25, 0.3) is 0 Å². The van der Waals surface area contributed by atoms with Gasteiger partial charge in [-0.25, -0.2) is 0 Å². The number of hydrogen-bond acceptors (Lipinski definition) is 2. The lowest BCUT2D eigenvalue weighted by Crippen LogP contribution is -2.03. The van der Waals surface area contributed by atoms with E-state index < -0.39 is 18.4 Å². The molecule has 0 heterocycles. The highest BCUT2D eigenvalue weighted by molar-refractivity contribution is 5.88. The van der Waals surface area contributed by atoms with E-state index >= 15 is 0 Å². The van der Waals surface area contributed by atoms with E-state index in [1.54, 1.807) is 0 Å². The molecule has 0 aliphatic heterocycles. The van der Waals surface area contributed by atoms with E-state index in [1.165, 1.54) is 0 Å². The molecular weight excluding hydrogens is 173 g/mol. The van der Waals surface area contributed by atoms with E-state index in [2.05, 4.69) is 0 Å². The van der Waals surface area contributed by atoms with Crippen LogP contribution in [0.25, 0.3) is 0 Å². The van der Waals surface area contributed by atoms with Crippen LogP contribution in [0, 0.1) is 0 Å². The van der Waals surface area contributed by atoms with E-state index in [0.29, 0.717) is 0 Å². The Kier molecular flexibility index (Phi) is 26.3. The standard InChI is InChI=1S/C3H4O4.2Al.FH.6H/c4-2(5)1-3(6)7;;;;;;;;;/h1H2,(H,4,5)(H,6,7);;;1H;;;;;;. The maximum absolute atomic E-state index is 9.43. The van der Waals surface area contributed by atoms with Crippen molar-refractivity contribution in [3.05, 3.63) is 0 Å². The molecule has 0 unspecified atom stereocenters. The fraction of sp³-hybridized carbons (Fsp3) is 0.333. The fourth-order valence-corrected chi connectivity index (χ4v) is 0.129. The van der Waals surface area contributed by atoms with Gasteiger partial charge in [0.15, 0.2) is 34.7 Å². The average molecular weight is 184 g/mol. The van der Waals surface area contributed by atoms with Gasteiger partial charge in [-0.1, -0.05) is 0 Å². The van der Waals surface area contributed by atoms with Crippen LogP contribution in [0.1, 0.15) is 6.42 Å². The smallest absolute Gasteiger partial charge is 0.314 e. The van der Waals surface area contributed by atoms with Crippen molar-refractivity contribution < 1.29 is 24.5 Å². The zero-order chi connectivity index (χ0) is 5.86. The third kappa shape index (κ3) is 24.6. The van der Waals surface area contributed by atoms with Crippen molar-refractivity contribution in [2.45, 2.75) is 6.42 Å². The van der Waals surface area contributed by atoms with E-state index in [-0.39, 0.29) is 39.4 Å². The van der Waals surface area contributed by atoms with Gasteiger partial charge in [0.05, 0.1) is 0 Å². The zero-order valence-corrected chi connectivity index (χ0v) is 3.83. The molecule has 0 aliphatic carbocycles. The van der Waals surface area contributed by atoms with Crippen molar-refractivity contribution in [1.82, 2.24) is 0 Å². The lowest BCUT2D eigenvalue weighted by molar-refractivity contribution is -0.147. The van der Waals surface area contributed by atoms with Gasteiger partial charge in [0, 0.05) is 0 Å². The van der Waals surface area contributed by atoms with Crippen LogP contribution in [0.15, 0.2) is 0 Å². The van der Waals surface area contributed by atoms with Crippen LogP contribution in [0.2, 0.25) is 0 Å². The van der Waals surface area contributed by atoms with Crippen LogP contribution in [0.5, 0.6) is 0 Å². The van der Waals surface area contributed by atoms with Crippen LogP contribution >= 0.6 is 0 Å². The van der Waals surface area contributed by atoms with E-state index in [4.69, 9.17) is 10.2 Å². The summed E-state index contributed by atoms with van der Waals surface area (Å²) >= 11 is 0.